The number of aryl methyl sites for hydroxylation is 1. The average Bonchev–Trinajstić information content (AvgIpc) is 2.94. The van der Waals surface area contributed by atoms with Crippen molar-refractivity contribution in [2.75, 3.05) is 18.1 Å². The van der Waals surface area contributed by atoms with Gasteiger partial charge in [-0.1, -0.05) is 0 Å². The number of hydrogen-bond donors (Lipinski definition) is 2. The number of hydrogen-bond acceptors (Lipinski definition) is 3. The maximum Gasteiger partial charge on any atom is 0.251 e. The van der Waals surface area contributed by atoms with Crippen molar-refractivity contribution < 1.29 is 4.79 Å². The van der Waals surface area contributed by atoms with Crippen LogP contribution in [0.3, 0.4) is 0 Å². The molecule has 2 unspecified atom stereocenters. The first kappa shape index (κ1) is 13.8. The van der Waals surface area contributed by atoms with Gasteiger partial charge in [0.2, 0.25) is 0 Å². The van der Waals surface area contributed by atoms with Crippen LogP contribution >= 0.6 is 11.8 Å². The largest absolute Gasteiger partial charge is 0.385 e. The van der Waals surface area contributed by atoms with Crippen molar-refractivity contribution in [3.8, 4) is 0 Å². The van der Waals surface area contributed by atoms with Crippen LogP contribution in [0.25, 0.3) is 0 Å². The standard InChI is InChI=1S/C16H22N2OS/c1-20-14-6-5-13(10-14)18-16(19)12-4-7-15-11(9-12)3-2-8-17-15/h4,7,9,13-14,17H,2-3,5-6,8,10H2,1H3,(H,18,19). The van der Waals surface area contributed by atoms with E-state index in [2.05, 4.69) is 23.0 Å². The fourth-order valence-electron chi connectivity index (χ4n) is 3.17. The first-order chi connectivity index (χ1) is 9.76. The zero-order chi connectivity index (χ0) is 13.9. The summed E-state index contributed by atoms with van der Waals surface area (Å²) >= 11 is 1.92. The van der Waals surface area contributed by atoms with E-state index in [1.165, 1.54) is 17.7 Å². The highest BCUT2D eigenvalue weighted by molar-refractivity contribution is 7.99. The van der Waals surface area contributed by atoms with Gasteiger partial charge in [0.1, 0.15) is 0 Å². The number of amides is 1. The number of nitrogens with one attached hydrogen (secondary N) is 2. The Morgan fingerprint density at radius 2 is 2.30 bits per heavy atom. The molecule has 1 heterocycles. The number of anilines is 1. The molecule has 0 saturated heterocycles. The van der Waals surface area contributed by atoms with Gasteiger partial charge in [-0.2, -0.15) is 11.8 Å². The van der Waals surface area contributed by atoms with E-state index < -0.39 is 0 Å². The maximum atomic E-state index is 12.3. The van der Waals surface area contributed by atoms with Crippen molar-refractivity contribution in [2.45, 2.75) is 43.4 Å². The fourth-order valence-corrected chi connectivity index (χ4v) is 3.97. The Hall–Kier alpha value is -1.16. The van der Waals surface area contributed by atoms with E-state index in [0.717, 1.165) is 37.8 Å². The van der Waals surface area contributed by atoms with Crippen molar-refractivity contribution >= 4 is 23.4 Å². The van der Waals surface area contributed by atoms with Crippen LogP contribution in [0.15, 0.2) is 18.2 Å². The summed E-state index contributed by atoms with van der Waals surface area (Å²) in [6.07, 6.45) is 7.83. The SMILES string of the molecule is CSC1CCC(NC(=O)c2ccc3c(c2)CCCN3)C1. The van der Waals surface area contributed by atoms with Gasteiger partial charge in [0.15, 0.2) is 0 Å². The summed E-state index contributed by atoms with van der Waals surface area (Å²) in [6.45, 7) is 1.04. The summed E-state index contributed by atoms with van der Waals surface area (Å²) < 4.78 is 0. The molecule has 4 heteroatoms. The lowest BCUT2D eigenvalue weighted by Crippen LogP contribution is -2.33. The van der Waals surface area contributed by atoms with Crippen LogP contribution in [0.1, 0.15) is 41.6 Å². The molecule has 0 radical (unpaired) electrons. The minimum atomic E-state index is 0.0881. The lowest BCUT2D eigenvalue weighted by atomic mass is 10.0. The van der Waals surface area contributed by atoms with Crippen molar-refractivity contribution in [1.82, 2.24) is 5.32 Å². The molecule has 1 saturated carbocycles. The van der Waals surface area contributed by atoms with Gasteiger partial charge in [-0.15, -0.1) is 0 Å². The number of fused-ring (bicyclic) bond motifs is 1. The van der Waals surface area contributed by atoms with Crippen LogP contribution in [0.5, 0.6) is 0 Å². The molecule has 2 N–H and O–H groups in total. The molecule has 0 aromatic heterocycles. The molecule has 1 amide bonds. The lowest BCUT2D eigenvalue weighted by Gasteiger charge is -2.19. The first-order valence-corrected chi connectivity index (χ1v) is 8.75. The molecule has 0 bridgehead atoms. The van der Waals surface area contributed by atoms with Gasteiger partial charge in [0, 0.05) is 29.1 Å². The van der Waals surface area contributed by atoms with E-state index in [9.17, 15) is 4.79 Å². The van der Waals surface area contributed by atoms with Gasteiger partial charge in [0.25, 0.3) is 5.91 Å². The van der Waals surface area contributed by atoms with Gasteiger partial charge in [-0.05, 0) is 62.1 Å². The third-order valence-electron chi connectivity index (χ3n) is 4.36. The Morgan fingerprint density at radius 3 is 3.10 bits per heavy atom. The summed E-state index contributed by atoms with van der Waals surface area (Å²) in [4.78, 5) is 12.3. The molecule has 1 fully saturated rings. The molecule has 3 rings (SSSR count). The topological polar surface area (TPSA) is 41.1 Å². The Balaban J connectivity index is 1.65. The van der Waals surface area contributed by atoms with Crippen LogP contribution in [-0.4, -0.2) is 30.0 Å². The molecule has 2 atom stereocenters. The predicted octanol–water partition coefficient (Wildman–Crippen LogP) is 3.06. The van der Waals surface area contributed by atoms with Crippen LogP contribution in [-0.2, 0) is 6.42 Å². The summed E-state index contributed by atoms with van der Waals surface area (Å²) in [5.41, 5.74) is 3.27. The quantitative estimate of drug-likeness (QED) is 0.899. The first-order valence-electron chi connectivity index (χ1n) is 7.46. The molecule has 2 aliphatic rings. The zero-order valence-electron chi connectivity index (χ0n) is 11.9. The second kappa shape index (κ2) is 6.08. The number of carbonyl (C=O) groups is 1. The fraction of sp³-hybridized carbons (Fsp3) is 0.562. The Kier molecular flexibility index (Phi) is 4.20. The van der Waals surface area contributed by atoms with E-state index in [1.807, 2.05) is 23.9 Å². The minimum absolute atomic E-state index is 0.0881. The van der Waals surface area contributed by atoms with Gasteiger partial charge >= 0.3 is 0 Å². The number of carbonyl (C=O) groups excluding carboxylic acids is 1. The van der Waals surface area contributed by atoms with Crippen LogP contribution in [0.2, 0.25) is 0 Å². The summed E-state index contributed by atoms with van der Waals surface area (Å²) in [6, 6.07) is 6.39. The maximum absolute atomic E-state index is 12.3. The van der Waals surface area contributed by atoms with Crippen molar-refractivity contribution in [3.05, 3.63) is 29.3 Å². The van der Waals surface area contributed by atoms with E-state index in [4.69, 9.17) is 0 Å². The van der Waals surface area contributed by atoms with Crippen LogP contribution < -0.4 is 10.6 Å². The molecule has 1 aromatic rings. The Bertz CT molecular complexity index is 503. The van der Waals surface area contributed by atoms with Crippen molar-refractivity contribution in [1.29, 1.82) is 0 Å². The average molecular weight is 290 g/mol. The van der Waals surface area contributed by atoms with Crippen molar-refractivity contribution in [2.24, 2.45) is 0 Å². The van der Waals surface area contributed by atoms with E-state index in [-0.39, 0.29) is 5.91 Å². The molecule has 20 heavy (non-hydrogen) atoms. The molecule has 1 aliphatic heterocycles. The van der Waals surface area contributed by atoms with Crippen LogP contribution in [0.4, 0.5) is 5.69 Å². The third-order valence-corrected chi connectivity index (χ3v) is 5.45. The number of rotatable bonds is 3. The summed E-state index contributed by atoms with van der Waals surface area (Å²) in [5, 5.41) is 7.29. The highest BCUT2D eigenvalue weighted by atomic mass is 32.2. The van der Waals surface area contributed by atoms with Gasteiger partial charge in [-0.25, -0.2) is 0 Å². The van der Waals surface area contributed by atoms with E-state index in [0.29, 0.717) is 11.3 Å². The third kappa shape index (κ3) is 2.95. The normalized spacial score (nSPS) is 24.9. The second-order valence-corrected chi connectivity index (χ2v) is 6.88. The second-order valence-electron chi connectivity index (χ2n) is 5.74. The predicted molar refractivity (Wildman–Crippen MR) is 85.7 cm³/mol. The minimum Gasteiger partial charge on any atom is -0.385 e. The molecule has 1 aromatic carbocycles. The number of thioether (sulfide) groups is 1. The summed E-state index contributed by atoms with van der Waals surface area (Å²) in [7, 11) is 0. The summed E-state index contributed by atoms with van der Waals surface area (Å²) in [5.74, 6) is 0.0881. The lowest BCUT2D eigenvalue weighted by molar-refractivity contribution is 0.0938. The van der Waals surface area contributed by atoms with Crippen LogP contribution in [0, 0.1) is 0 Å². The molecule has 3 nitrogen and oxygen atoms in total. The van der Waals surface area contributed by atoms with Gasteiger partial charge < -0.3 is 10.6 Å². The Morgan fingerprint density at radius 1 is 1.40 bits per heavy atom. The molecule has 108 valence electrons. The molecular formula is C16H22N2OS. The monoisotopic (exact) mass is 290 g/mol. The molecule has 1 aliphatic carbocycles. The Labute approximate surface area is 124 Å². The smallest absolute Gasteiger partial charge is 0.251 e. The van der Waals surface area contributed by atoms with Gasteiger partial charge in [0.05, 0.1) is 0 Å². The van der Waals surface area contributed by atoms with Gasteiger partial charge in [-0.3, -0.25) is 4.79 Å². The molecular weight excluding hydrogens is 268 g/mol. The molecule has 0 spiro atoms. The number of benzene rings is 1. The van der Waals surface area contributed by atoms with E-state index >= 15 is 0 Å². The van der Waals surface area contributed by atoms with E-state index in [1.54, 1.807) is 0 Å². The zero-order valence-corrected chi connectivity index (χ0v) is 12.8. The highest BCUT2D eigenvalue weighted by Gasteiger charge is 2.25. The highest BCUT2D eigenvalue weighted by Crippen LogP contribution is 2.28. The van der Waals surface area contributed by atoms with Crippen molar-refractivity contribution in [3.63, 3.8) is 0 Å².